The van der Waals surface area contributed by atoms with E-state index in [1.54, 1.807) is 6.20 Å². The van der Waals surface area contributed by atoms with E-state index < -0.39 is 0 Å². The Hall–Kier alpha value is -1.65. The number of aryl methyl sites for hydroxylation is 2. The van der Waals surface area contributed by atoms with Crippen LogP contribution in [0.25, 0.3) is 11.3 Å². The molecule has 0 fully saturated rings. The van der Waals surface area contributed by atoms with E-state index in [-0.39, 0.29) is 0 Å². The van der Waals surface area contributed by atoms with Gasteiger partial charge in [-0.3, -0.25) is 4.68 Å². The molecular weight excluding hydrogens is 166 g/mol. The van der Waals surface area contributed by atoms with E-state index in [0.29, 0.717) is 0 Å². The molecule has 0 unspecified atom stereocenters. The minimum absolute atomic E-state index is 0.845. The van der Waals surface area contributed by atoms with Crippen LogP contribution in [-0.4, -0.2) is 25.2 Å². The first kappa shape index (κ1) is 7.97. The third kappa shape index (κ3) is 1.32. The van der Waals surface area contributed by atoms with E-state index in [4.69, 9.17) is 0 Å². The van der Waals surface area contributed by atoms with E-state index in [1.807, 2.05) is 17.8 Å². The van der Waals surface area contributed by atoms with Gasteiger partial charge in [0.1, 0.15) is 5.69 Å². The Balaban J connectivity index is 2.46. The number of aromatic amines is 1. The number of nitrogens with one attached hydrogen (secondary N) is 1. The lowest BCUT2D eigenvalue weighted by molar-refractivity contribution is 0.653. The van der Waals surface area contributed by atoms with Crippen molar-refractivity contribution in [2.24, 2.45) is 0 Å². The maximum Gasteiger partial charge on any atom is 0.116 e. The zero-order valence-electron chi connectivity index (χ0n) is 7.65. The highest BCUT2D eigenvalue weighted by Gasteiger charge is 2.08. The van der Waals surface area contributed by atoms with Gasteiger partial charge < -0.3 is 0 Å². The molecule has 13 heavy (non-hydrogen) atoms. The lowest BCUT2D eigenvalue weighted by Gasteiger charge is -1.89. The summed E-state index contributed by atoms with van der Waals surface area (Å²) in [6.45, 7) is 4.90. The molecule has 1 N–H and O–H groups in total. The molecule has 0 aromatic carbocycles. The summed E-state index contributed by atoms with van der Waals surface area (Å²) in [7, 11) is 0. The summed E-state index contributed by atoms with van der Waals surface area (Å²) in [4.78, 5) is 0. The molecule has 0 aliphatic rings. The second kappa shape index (κ2) is 3.01. The maximum absolute atomic E-state index is 4.32. The smallest absolute Gasteiger partial charge is 0.116 e. The summed E-state index contributed by atoms with van der Waals surface area (Å²) in [5.41, 5.74) is 2.86. The van der Waals surface area contributed by atoms with Gasteiger partial charge >= 0.3 is 0 Å². The molecule has 2 rings (SSSR count). The van der Waals surface area contributed by atoms with Crippen molar-refractivity contribution in [2.45, 2.75) is 20.4 Å². The first-order chi connectivity index (χ1) is 6.31. The summed E-state index contributed by atoms with van der Waals surface area (Å²) in [5.74, 6) is 0. The number of H-pyrrole nitrogens is 1. The third-order valence-electron chi connectivity index (χ3n) is 1.96. The largest absolute Gasteiger partial charge is 0.272 e. The highest BCUT2D eigenvalue weighted by atomic mass is 15.3. The molecular formula is C8H11N5. The standard InChI is InChI=1S/C8H11N5/c1-3-13-5-7(6(2)11-13)8-4-9-12-10-8/h4-5H,3H2,1-2H3,(H,9,10,12). The number of hydrogen-bond acceptors (Lipinski definition) is 3. The first-order valence-corrected chi connectivity index (χ1v) is 4.21. The number of hydrogen-bond donors (Lipinski definition) is 1. The predicted octanol–water partition coefficient (Wildman–Crippen LogP) is 0.997. The molecule has 0 atom stereocenters. The second-order valence-electron chi connectivity index (χ2n) is 2.84. The van der Waals surface area contributed by atoms with Crippen LogP contribution in [0.15, 0.2) is 12.4 Å². The van der Waals surface area contributed by atoms with E-state index in [0.717, 1.165) is 23.5 Å². The Morgan fingerprint density at radius 1 is 1.54 bits per heavy atom. The van der Waals surface area contributed by atoms with Gasteiger partial charge in [-0.25, -0.2) is 0 Å². The van der Waals surface area contributed by atoms with Crippen LogP contribution in [0, 0.1) is 6.92 Å². The average molecular weight is 177 g/mol. The summed E-state index contributed by atoms with van der Waals surface area (Å²) >= 11 is 0. The van der Waals surface area contributed by atoms with Crippen molar-refractivity contribution in [3.05, 3.63) is 18.1 Å². The van der Waals surface area contributed by atoms with Gasteiger partial charge in [-0.1, -0.05) is 0 Å². The van der Waals surface area contributed by atoms with Crippen molar-refractivity contribution in [3.8, 4) is 11.3 Å². The molecule has 0 saturated carbocycles. The third-order valence-corrected chi connectivity index (χ3v) is 1.96. The van der Waals surface area contributed by atoms with Crippen LogP contribution in [0.4, 0.5) is 0 Å². The number of nitrogens with zero attached hydrogens (tertiary/aromatic N) is 4. The van der Waals surface area contributed by atoms with Crippen LogP contribution in [-0.2, 0) is 6.54 Å². The van der Waals surface area contributed by atoms with E-state index in [2.05, 4.69) is 27.4 Å². The Labute approximate surface area is 75.8 Å². The zero-order chi connectivity index (χ0) is 9.26. The van der Waals surface area contributed by atoms with Gasteiger partial charge in [0.25, 0.3) is 0 Å². The molecule has 0 saturated heterocycles. The van der Waals surface area contributed by atoms with Crippen LogP contribution in [0.3, 0.4) is 0 Å². The molecule has 2 aromatic heterocycles. The Kier molecular flexibility index (Phi) is 1.84. The van der Waals surface area contributed by atoms with Gasteiger partial charge in [-0.05, 0) is 13.8 Å². The van der Waals surface area contributed by atoms with Gasteiger partial charge in [-0.2, -0.15) is 20.5 Å². The highest BCUT2D eigenvalue weighted by molar-refractivity contribution is 5.59. The monoisotopic (exact) mass is 177 g/mol. The van der Waals surface area contributed by atoms with Crippen molar-refractivity contribution < 1.29 is 0 Å². The van der Waals surface area contributed by atoms with Crippen molar-refractivity contribution in [3.63, 3.8) is 0 Å². The minimum atomic E-state index is 0.845. The van der Waals surface area contributed by atoms with Crippen LogP contribution in [0.2, 0.25) is 0 Å². The topological polar surface area (TPSA) is 59.4 Å². The van der Waals surface area contributed by atoms with Crippen molar-refractivity contribution in [1.29, 1.82) is 0 Å². The first-order valence-electron chi connectivity index (χ1n) is 4.21. The van der Waals surface area contributed by atoms with Crippen molar-refractivity contribution >= 4 is 0 Å². The van der Waals surface area contributed by atoms with E-state index in [9.17, 15) is 0 Å². The number of rotatable bonds is 2. The quantitative estimate of drug-likeness (QED) is 0.744. The minimum Gasteiger partial charge on any atom is -0.272 e. The van der Waals surface area contributed by atoms with E-state index in [1.165, 1.54) is 0 Å². The number of aromatic nitrogens is 5. The van der Waals surface area contributed by atoms with Gasteiger partial charge in [-0.15, -0.1) is 0 Å². The molecule has 68 valence electrons. The van der Waals surface area contributed by atoms with Gasteiger partial charge in [0.05, 0.1) is 11.9 Å². The fraction of sp³-hybridized carbons (Fsp3) is 0.375. The Bertz CT molecular complexity index is 387. The van der Waals surface area contributed by atoms with Crippen LogP contribution >= 0.6 is 0 Å². The lowest BCUT2D eigenvalue weighted by Crippen LogP contribution is -1.93. The van der Waals surface area contributed by atoms with E-state index >= 15 is 0 Å². The normalized spacial score (nSPS) is 10.6. The molecule has 2 heterocycles. The summed E-state index contributed by atoms with van der Waals surface area (Å²) in [5, 5.41) is 14.7. The lowest BCUT2D eigenvalue weighted by atomic mass is 10.2. The molecule has 2 aromatic rings. The molecule has 0 bridgehead atoms. The van der Waals surface area contributed by atoms with Gasteiger partial charge in [0.15, 0.2) is 0 Å². The van der Waals surface area contributed by atoms with Crippen LogP contribution < -0.4 is 0 Å². The molecule has 5 heteroatoms. The molecule has 0 radical (unpaired) electrons. The van der Waals surface area contributed by atoms with Crippen molar-refractivity contribution in [2.75, 3.05) is 0 Å². The SMILES string of the molecule is CCn1cc(-c2cn[nH]n2)c(C)n1. The van der Waals surface area contributed by atoms with Crippen LogP contribution in [0.5, 0.6) is 0 Å². The fourth-order valence-corrected chi connectivity index (χ4v) is 1.26. The maximum atomic E-state index is 4.32. The average Bonchev–Trinajstić information content (AvgIpc) is 2.72. The molecule has 0 amide bonds. The molecule has 0 aliphatic heterocycles. The molecule has 0 spiro atoms. The Morgan fingerprint density at radius 2 is 2.38 bits per heavy atom. The van der Waals surface area contributed by atoms with Gasteiger partial charge in [0.2, 0.25) is 0 Å². The van der Waals surface area contributed by atoms with Crippen LogP contribution in [0.1, 0.15) is 12.6 Å². The highest BCUT2D eigenvalue weighted by Crippen LogP contribution is 2.18. The molecule has 5 nitrogen and oxygen atoms in total. The summed E-state index contributed by atoms with van der Waals surface area (Å²) in [6, 6.07) is 0. The molecule has 0 aliphatic carbocycles. The fourth-order valence-electron chi connectivity index (χ4n) is 1.26. The summed E-state index contributed by atoms with van der Waals surface area (Å²) < 4.78 is 1.89. The second-order valence-corrected chi connectivity index (χ2v) is 2.84. The Morgan fingerprint density at radius 3 is 2.92 bits per heavy atom. The van der Waals surface area contributed by atoms with Gasteiger partial charge in [0, 0.05) is 18.3 Å². The summed E-state index contributed by atoms with van der Waals surface area (Å²) in [6.07, 6.45) is 3.68. The predicted molar refractivity (Wildman–Crippen MR) is 48.0 cm³/mol. The van der Waals surface area contributed by atoms with Crippen molar-refractivity contribution in [1.82, 2.24) is 25.2 Å². The zero-order valence-corrected chi connectivity index (χ0v) is 7.65.